The lowest BCUT2D eigenvalue weighted by Crippen LogP contribution is -2.60. The number of nitrogens with one attached hydrogen (secondary N) is 2. The number of hydrogen-bond acceptors (Lipinski definition) is 4. The number of hydrogen-bond donors (Lipinski definition) is 2. The summed E-state index contributed by atoms with van der Waals surface area (Å²) in [5.41, 5.74) is 0.0731. The Hall–Kier alpha value is -2.08. The van der Waals surface area contributed by atoms with Crippen LogP contribution in [0, 0.1) is 0 Å². The van der Waals surface area contributed by atoms with Crippen LogP contribution in [0.2, 0.25) is 0 Å². The number of carbonyl (C=O) groups excluding carboxylic acids is 2. The molecule has 1 saturated carbocycles. The van der Waals surface area contributed by atoms with Gasteiger partial charge in [0.15, 0.2) is 0 Å². The van der Waals surface area contributed by atoms with Crippen LogP contribution in [0.4, 0.5) is 4.79 Å². The lowest BCUT2D eigenvalue weighted by Gasteiger charge is -2.36. The van der Waals surface area contributed by atoms with E-state index in [1.165, 1.54) is 0 Å². The van der Waals surface area contributed by atoms with Crippen LogP contribution in [-0.2, 0) is 16.1 Å². The van der Waals surface area contributed by atoms with E-state index < -0.39 is 11.6 Å². The molecule has 2 N–H and O–H groups in total. The molecule has 0 spiro atoms. The maximum atomic E-state index is 12.7. The minimum Gasteiger partial charge on any atom is -0.445 e. The van der Waals surface area contributed by atoms with Gasteiger partial charge in [0.25, 0.3) is 0 Å². The molecule has 25 heavy (non-hydrogen) atoms. The Labute approximate surface area is 149 Å². The molecule has 0 aromatic heterocycles. The van der Waals surface area contributed by atoms with Crippen LogP contribution < -0.4 is 10.6 Å². The molecule has 1 aromatic rings. The average Bonchev–Trinajstić information content (AvgIpc) is 2.61. The van der Waals surface area contributed by atoms with Crippen LogP contribution in [0.3, 0.4) is 0 Å². The fourth-order valence-electron chi connectivity index (χ4n) is 3.08. The Kier molecular flexibility index (Phi) is 7.25. The normalized spacial score (nSPS) is 16.3. The van der Waals surface area contributed by atoms with Crippen molar-refractivity contribution in [1.82, 2.24) is 15.5 Å². The molecule has 0 bridgehead atoms. The predicted octanol–water partition coefficient (Wildman–Crippen LogP) is 2.29. The van der Waals surface area contributed by atoms with Gasteiger partial charge in [-0.1, -0.05) is 49.6 Å². The number of ether oxygens (including phenoxy) is 1. The third kappa shape index (κ3) is 6.05. The molecule has 0 unspecified atom stereocenters. The van der Waals surface area contributed by atoms with Crippen LogP contribution in [-0.4, -0.2) is 49.6 Å². The second kappa shape index (κ2) is 9.42. The van der Waals surface area contributed by atoms with E-state index in [9.17, 15) is 9.59 Å². The van der Waals surface area contributed by atoms with Gasteiger partial charge in [-0.2, -0.15) is 0 Å². The van der Waals surface area contributed by atoms with Crippen LogP contribution in [0.5, 0.6) is 0 Å². The molecule has 0 atom stereocenters. The highest BCUT2D eigenvalue weighted by atomic mass is 16.5. The summed E-state index contributed by atoms with van der Waals surface area (Å²) in [6.07, 6.45) is 3.73. The summed E-state index contributed by atoms with van der Waals surface area (Å²) in [6, 6.07) is 9.52. The molecule has 0 aliphatic heterocycles. The lowest BCUT2D eigenvalue weighted by atomic mass is 9.81. The fraction of sp³-hybridized carbons (Fsp3) is 0.579. The summed E-state index contributed by atoms with van der Waals surface area (Å²) in [6.45, 7) is 1.53. The van der Waals surface area contributed by atoms with Gasteiger partial charge in [0.2, 0.25) is 5.91 Å². The van der Waals surface area contributed by atoms with Gasteiger partial charge in [-0.05, 0) is 32.5 Å². The van der Waals surface area contributed by atoms with E-state index in [1.807, 2.05) is 49.3 Å². The highest BCUT2D eigenvalue weighted by Gasteiger charge is 2.41. The van der Waals surface area contributed by atoms with Crippen molar-refractivity contribution in [3.05, 3.63) is 35.9 Å². The van der Waals surface area contributed by atoms with Crippen molar-refractivity contribution in [2.24, 2.45) is 0 Å². The molecule has 1 aliphatic rings. The van der Waals surface area contributed by atoms with Crippen LogP contribution in [0.1, 0.15) is 37.7 Å². The van der Waals surface area contributed by atoms with Crippen molar-refractivity contribution >= 4 is 12.0 Å². The highest BCUT2D eigenvalue weighted by molar-refractivity contribution is 5.90. The molecule has 2 rings (SSSR count). The van der Waals surface area contributed by atoms with Gasteiger partial charge in [-0.3, -0.25) is 4.79 Å². The maximum Gasteiger partial charge on any atom is 0.408 e. The van der Waals surface area contributed by atoms with Crippen molar-refractivity contribution in [1.29, 1.82) is 0 Å². The first-order chi connectivity index (χ1) is 12.0. The first-order valence-electron chi connectivity index (χ1n) is 8.94. The number of rotatable bonds is 7. The Morgan fingerprint density at radius 2 is 1.80 bits per heavy atom. The number of benzene rings is 1. The SMILES string of the molecule is CN(C)CCNC(=O)C1(NC(=O)OCc2ccccc2)CCCCC1. The van der Waals surface area contributed by atoms with Crippen molar-refractivity contribution in [2.75, 3.05) is 27.2 Å². The minimum absolute atomic E-state index is 0.106. The zero-order valence-electron chi connectivity index (χ0n) is 15.2. The molecule has 1 aromatic carbocycles. The zero-order valence-corrected chi connectivity index (χ0v) is 15.2. The van der Waals surface area contributed by atoms with E-state index in [1.54, 1.807) is 0 Å². The molecule has 2 amide bonds. The Morgan fingerprint density at radius 3 is 2.44 bits per heavy atom. The first-order valence-corrected chi connectivity index (χ1v) is 8.94. The third-order valence-electron chi connectivity index (χ3n) is 4.54. The smallest absolute Gasteiger partial charge is 0.408 e. The maximum absolute atomic E-state index is 12.7. The van der Waals surface area contributed by atoms with E-state index in [0.29, 0.717) is 19.4 Å². The van der Waals surface area contributed by atoms with Gasteiger partial charge >= 0.3 is 6.09 Å². The molecular formula is C19H29N3O3. The monoisotopic (exact) mass is 347 g/mol. The number of carbonyl (C=O) groups is 2. The van der Waals surface area contributed by atoms with Gasteiger partial charge in [0.05, 0.1) is 0 Å². The highest BCUT2D eigenvalue weighted by Crippen LogP contribution is 2.28. The van der Waals surface area contributed by atoms with Gasteiger partial charge in [-0.15, -0.1) is 0 Å². The molecule has 6 nitrogen and oxygen atoms in total. The molecular weight excluding hydrogens is 318 g/mol. The van der Waals surface area contributed by atoms with Gasteiger partial charge in [-0.25, -0.2) is 4.79 Å². The third-order valence-corrected chi connectivity index (χ3v) is 4.54. The van der Waals surface area contributed by atoms with Crippen molar-refractivity contribution in [2.45, 2.75) is 44.2 Å². The van der Waals surface area contributed by atoms with E-state index in [0.717, 1.165) is 31.4 Å². The number of amides is 2. The van der Waals surface area contributed by atoms with E-state index >= 15 is 0 Å². The fourth-order valence-corrected chi connectivity index (χ4v) is 3.08. The van der Waals surface area contributed by atoms with Gasteiger partial charge in [0.1, 0.15) is 12.1 Å². The van der Waals surface area contributed by atoms with Crippen LogP contribution in [0.15, 0.2) is 30.3 Å². The molecule has 0 radical (unpaired) electrons. The summed E-state index contributed by atoms with van der Waals surface area (Å²) >= 11 is 0. The summed E-state index contributed by atoms with van der Waals surface area (Å²) < 4.78 is 5.31. The van der Waals surface area contributed by atoms with E-state index in [4.69, 9.17) is 4.74 Å². The van der Waals surface area contributed by atoms with Crippen molar-refractivity contribution < 1.29 is 14.3 Å². The summed E-state index contributed by atoms with van der Waals surface area (Å²) in [5.74, 6) is -0.106. The van der Waals surface area contributed by atoms with Crippen molar-refractivity contribution in [3.63, 3.8) is 0 Å². The Bertz CT molecular complexity index is 554. The first kappa shape index (κ1) is 19.2. The Morgan fingerprint density at radius 1 is 1.12 bits per heavy atom. The van der Waals surface area contributed by atoms with Crippen LogP contribution >= 0.6 is 0 Å². The summed E-state index contributed by atoms with van der Waals surface area (Å²) in [4.78, 5) is 27.0. The topological polar surface area (TPSA) is 70.7 Å². The quantitative estimate of drug-likeness (QED) is 0.794. The molecule has 1 aliphatic carbocycles. The molecule has 6 heteroatoms. The predicted molar refractivity (Wildman–Crippen MR) is 97.1 cm³/mol. The van der Waals surface area contributed by atoms with Crippen molar-refractivity contribution in [3.8, 4) is 0 Å². The van der Waals surface area contributed by atoms with Gasteiger partial charge in [0, 0.05) is 13.1 Å². The minimum atomic E-state index is -0.849. The molecule has 138 valence electrons. The van der Waals surface area contributed by atoms with Gasteiger partial charge < -0.3 is 20.3 Å². The molecule has 0 heterocycles. The second-order valence-corrected chi connectivity index (χ2v) is 6.89. The second-order valence-electron chi connectivity index (χ2n) is 6.89. The number of alkyl carbamates (subject to hydrolysis) is 1. The van der Waals surface area contributed by atoms with Crippen LogP contribution in [0.25, 0.3) is 0 Å². The Balaban J connectivity index is 1.91. The number of nitrogens with zero attached hydrogens (tertiary/aromatic N) is 1. The molecule has 0 saturated heterocycles. The molecule has 1 fully saturated rings. The van der Waals surface area contributed by atoms with E-state index in [-0.39, 0.29) is 12.5 Å². The average molecular weight is 347 g/mol. The summed E-state index contributed by atoms with van der Waals surface area (Å²) in [7, 11) is 3.92. The lowest BCUT2D eigenvalue weighted by molar-refractivity contribution is -0.128. The van der Waals surface area contributed by atoms with E-state index in [2.05, 4.69) is 10.6 Å². The largest absolute Gasteiger partial charge is 0.445 e. The zero-order chi connectivity index (χ0) is 18.1. The standard InChI is InChI=1S/C19H29N3O3/c1-22(2)14-13-20-17(23)19(11-7-4-8-12-19)21-18(24)25-15-16-9-5-3-6-10-16/h3,5-6,9-10H,4,7-8,11-15H2,1-2H3,(H,20,23)(H,21,24). The number of likely N-dealkylation sites (N-methyl/N-ethyl adjacent to an activating group) is 1. The summed E-state index contributed by atoms with van der Waals surface area (Å²) in [5, 5.41) is 5.81.